The molecule has 0 fully saturated rings. The normalized spacial score (nSPS) is 12.4. The summed E-state index contributed by atoms with van der Waals surface area (Å²) in [7, 11) is 0. The molecule has 17 heavy (non-hydrogen) atoms. The lowest BCUT2D eigenvalue weighted by molar-refractivity contribution is -0.127. The highest BCUT2D eigenvalue weighted by atomic mass is 35.5. The fourth-order valence-corrected chi connectivity index (χ4v) is 1.67. The van der Waals surface area contributed by atoms with Crippen LogP contribution in [-0.2, 0) is 4.79 Å². The van der Waals surface area contributed by atoms with E-state index >= 15 is 0 Å². The van der Waals surface area contributed by atoms with Crippen molar-refractivity contribution in [3.63, 3.8) is 0 Å². The van der Waals surface area contributed by atoms with Crippen LogP contribution < -0.4 is 10.1 Å². The first kappa shape index (κ1) is 14.1. The average Bonchev–Trinajstić information content (AvgIpc) is 2.21. The molecule has 5 heteroatoms. The molecule has 94 valence electrons. The van der Waals surface area contributed by atoms with Crippen LogP contribution >= 0.6 is 23.2 Å². The molecule has 0 aromatic heterocycles. The highest BCUT2D eigenvalue weighted by Gasteiger charge is 2.16. The molecule has 3 nitrogen and oxygen atoms in total. The third-order valence-corrected chi connectivity index (χ3v) is 2.53. The number of carbonyl (C=O) groups is 1. The second-order valence-corrected chi connectivity index (χ2v) is 4.84. The number of halogens is 2. The number of nitrogens with one attached hydrogen (secondary N) is 1. The molecule has 1 rings (SSSR count). The first-order valence-corrected chi connectivity index (χ1v) is 6.08. The van der Waals surface area contributed by atoms with Crippen molar-refractivity contribution in [2.24, 2.45) is 0 Å². The lowest BCUT2D eigenvalue weighted by atomic mass is 10.3. The first-order chi connectivity index (χ1) is 7.90. The summed E-state index contributed by atoms with van der Waals surface area (Å²) in [6.07, 6.45) is -0.601. The summed E-state index contributed by atoms with van der Waals surface area (Å²) in [6, 6.07) is 4.96. The van der Waals surface area contributed by atoms with Crippen molar-refractivity contribution in [1.82, 2.24) is 5.32 Å². The standard InChI is InChI=1S/C12H15Cl2NO2/c1-7(2)15-12(16)8(3)17-11-5-4-9(13)6-10(11)14/h4-8H,1-3H3,(H,15,16). The Labute approximate surface area is 111 Å². The van der Waals surface area contributed by atoms with Crippen LogP contribution in [0.1, 0.15) is 20.8 Å². The van der Waals surface area contributed by atoms with E-state index in [9.17, 15) is 4.79 Å². The Bertz CT molecular complexity index is 407. The number of carbonyl (C=O) groups excluding carboxylic acids is 1. The summed E-state index contributed by atoms with van der Waals surface area (Å²) >= 11 is 11.7. The second-order valence-electron chi connectivity index (χ2n) is 4.00. The molecule has 1 amide bonds. The third-order valence-electron chi connectivity index (χ3n) is 2.00. The van der Waals surface area contributed by atoms with Crippen molar-refractivity contribution in [3.8, 4) is 5.75 Å². The molecule has 0 saturated heterocycles. The van der Waals surface area contributed by atoms with Gasteiger partial charge in [0.25, 0.3) is 5.91 Å². The summed E-state index contributed by atoms with van der Waals surface area (Å²) in [5.41, 5.74) is 0. The van der Waals surface area contributed by atoms with E-state index in [2.05, 4.69) is 5.32 Å². The van der Waals surface area contributed by atoms with Gasteiger partial charge in [0, 0.05) is 11.1 Å². The molecule has 0 saturated carbocycles. The molecule has 0 spiro atoms. The third kappa shape index (κ3) is 4.44. The Kier molecular flexibility index (Phi) is 5.09. The van der Waals surface area contributed by atoms with Crippen molar-refractivity contribution in [2.75, 3.05) is 0 Å². The van der Waals surface area contributed by atoms with E-state index in [1.807, 2.05) is 13.8 Å². The smallest absolute Gasteiger partial charge is 0.260 e. The van der Waals surface area contributed by atoms with Crippen LogP contribution in [0.15, 0.2) is 18.2 Å². The Balaban J connectivity index is 2.67. The largest absolute Gasteiger partial charge is 0.479 e. The summed E-state index contributed by atoms with van der Waals surface area (Å²) in [5.74, 6) is 0.272. The molecule has 1 unspecified atom stereocenters. The molecule has 1 aromatic carbocycles. The molecule has 0 aliphatic carbocycles. The number of hydrogen-bond acceptors (Lipinski definition) is 2. The maximum Gasteiger partial charge on any atom is 0.260 e. The molecule has 0 heterocycles. The van der Waals surface area contributed by atoms with Crippen LogP contribution in [-0.4, -0.2) is 18.1 Å². The Morgan fingerprint density at radius 2 is 1.94 bits per heavy atom. The molecular weight excluding hydrogens is 261 g/mol. The highest BCUT2D eigenvalue weighted by Crippen LogP contribution is 2.28. The predicted molar refractivity (Wildman–Crippen MR) is 69.8 cm³/mol. The van der Waals surface area contributed by atoms with Crippen molar-refractivity contribution in [1.29, 1.82) is 0 Å². The quantitative estimate of drug-likeness (QED) is 0.916. The van der Waals surface area contributed by atoms with Crippen LogP contribution in [0.2, 0.25) is 10.0 Å². The van der Waals surface area contributed by atoms with E-state index in [1.165, 1.54) is 0 Å². The lowest BCUT2D eigenvalue weighted by Crippen LogP contribution is -2.40. The van der Waals surface area contributed by atoms with Gasteiger partial charge in [-0.25, -0.2) is 0 Å². The van der Waals surface area contributed by atoms with E-state index in [0.717, 1.165) is 0 Å². The number of amides is 1. The van der Waals surface area contributed by atoms with E-state index in [-0.39, 0.29) is 11.9 Å². The fraction of sp³-hybridized carbons (Fsp3) is 0.417. The Hall–Kier alpha value is -0.930. The number of rotatable bonds is 4. The molecule has 0 aliphatic heterocycles. The van der Waals surface area contributed by atoms with E-state index in [1.54, 1.807) is 25.1 Å². The molecule has 0 aliphatic rings. The Morgan fingerprint density at radius 3 is 2.47 bits per heavy atom. The molecule has 0 radical (unpaired) electrons. The van der Waals surface area contributed by atoms with E-state index in [4.69, 9.17) is 27.9 Å². The average molecular weight is 276 g/mol. The van der Waals surface area contributed by atoms with Gasteiger partial charge in [-0.1, -0.05) is 23.2 Å². The maximum absolute atomic E-state index is 11.6. The fourth-order valence-electron chi connectivity index (χ4n) is 1.22. The van der Waals surface area contributed by atoms with Gasteiger partial charge in [0.2, 0.25) is 0 Å². The lowest BCUT2D eigenvalue weighted by Gasteiger charge is -2.17. The monoisotopic (exact) mass is 275 g/mol. The van der Waals surface area contributed by atoms with Crippen LogP contribution in [0.5, 0.6) is 5.75 Å². The minimum Gasteiger partial charge on any atom is -0.479 e. The van der Waals surface area contributed by atoms with Crippen molar-refractivity contribution in [2.45, 2.75) is 32.9 Å². The van der Waals surface area contributed by atoms with Gasteiger partial charge in [-0.15, -0.1) is 0 Å². The highest BCUT2D eigenvalue weighted by molar-refractivity contribution is 6.35. The molecule has 0 bridgehead atoms. The SMILES string of the molecule is CC(C)NC(=O)C(C)Oc1ccc(Cl)cc1Cl. The maximum atomic E-state index is 11.6. The minimum absolute atomic E-state index is 0.0780. The van der Waals surface area contributed by atoms with Gasteiger partial charge in [-0.05, 0) is 39.0 Å². The minimum atomic E-state index is -0.601. The predicted octanol–water partition coefficient (Wildman–Crippen LogP) is 3.29. The van der Waals surface area contributed by atoms with Crippen LogP contribution in [0, 0.1) is 0 Å². The summed E-state index contributed by atoms with van der Waals surface area (Å²) in [5, 5.41) is 3.68. The van der Waals surface area contributed by atoms with Crippen LogP contribution in [0.25, 0.3) is 0 Å². The van der Waals surface area contributed by atoms with Gasteiger partial charge in [0.05, 0.1) is 5.02 Å². The van der Waals surface area contributed by atoms with Gasteiger partial charge in [-0.3, -0.25) is 4.79 Å². The van der Waals surface area contributed by atoms with E-state index in [0.29, 0.717) is 15.8 Å². The van der Waals surface area contributed by atoms with Gasteiger partial charge < -0.3 is 10.1 Å². The van der Waals surface area contributed by atoms with Crippen LogP contribution in [0.4, 0.5) is 0 Å². The van der Waals surface area contributed by atoms with Gasteiger partial charge in [-0.2, -0.15) is 0 Å². The zero-order chi connectivity index (χ0) is 13.0. The van der Waals surface area contributed by atoms with Gasteiger partial charge in [0.1, 0.15) is 5.75 Å². The second kappa shape index (κ2) is 6.12. The molecule has 1 N–H and O–H groups in total. The molecular formula is C12H15Cl2NO2. The summed E-state index contributed by atoms with van der Waals surface area (Å²) in [6.45, 7) is 5.45. The molecule has 1 atom stereocenters. The summed E-state index contributed by atoms with van der Waals surface area (Å²) in [4.78, 5) is 11.6. The van der Waals surface area contributed by atoms with Crippen LogP contribution in [0.3, 0.4) is 0 Å². The number of hydrogen-bond donors (Lipinski definition) is 1. The zero-order valence-electron chi connectivity index (χ0n) is 9.96. The van der Waals surface area contributed by atoms with E-state index < -0.39 is 6.10 Å². The topological polar surface area (TPSA) is 38.3 Å². The van der Waals surface area contributed by atoms with Crippen molar-refractivity contribution in [3.05, 3.63) is 28.2 Å². The Morgan fingerprint density at radius 1 is 1.29 bits per heavy atom. The van der Waals surface area contributed by atoms with Crippen molar-refractivity contribution < 1.29 is 9.53 Å². The summed E-state index contributed by atoms with van der Waals surface area (Å²) < 4.78 is 5.46. The van der Waals surface area contributed by atoms with Crippen molar-refractivity contribution >= 4 is 29.1 Å². The molecule has 1 aromatic rings. The number of benzene rings is 1. The van der Waals surface area contributed by atoms with Gasteiger partial charge >= 0.3 is 0 Å². The zero-order valence-corrected chi connectivity index (χ0v) is 11.5. The number of ether oxygens (including phenoxy) is 1. The first-order valence-electron chi connectivity index (χ1n) is 5.32. The van der Waals surface area contributed by atoms with Gasteiger partial charge in [0.15, 0.2) is 6.10 Å².